The van der Waals surface area contributed by atoms with Crippen molar-refractivity contribution in [2.45, 2.75) is 32.1 Å². The molecule has 6 heteroatoms. The topological polar surface area (TPSA) is 63.5 Å². The normalized spacial score (nSPS) is 13.5. The van der Waals surface area contributed by atoms with E-state index in [2.05, 4.69) is 5.32 Å². The molecule has 1 N–H and O–H groups in total. The summed E-state index contributed by atoms with van der Waals surface area (Å²) in [4.78, 5) is 32.8. The monoisotopic (exact) mass is 403 g/mol. The van der Waals surface area contributed by atoms with E-state index in [4.69, 9.17) is 4.98 Å². The molecular formula is C23H21N3O2S. The number of carbonyl (C=O) groups is 1. The first-order valence-corrected chi connectivity index (χ1v) is 10.8. The molecule has 1 aromatic carbocycles. The molecule has 0 radical (unpaired) electrons. The molecule has 29 heavy (non-hydrogen) atoms. The van der Waals surface area contributed by atoms with Crippen LogP contribution in [-0.4, -0.2) is 21.8 Å². The highest BCUT2D eigenvalue weighted by Crippen LogP contribution is 2.34. The lowest BCUT2D eigenvalue weighted by molar-refractivity contribution is 0.0955. The summed E-state index contributed by atoms with van der Waals surface area (Å²) in [6.07, 6.45) is 6.70. The maximum absolute atomic E-state index is 13.2. The van der Waals surface area contributed by atoms with Gasteiger partial charge in [0.05, 0.1) is 10.9 Å². The quantitative estimate of drug-likeness (QED) is 0.564. The summed E-state index contributed by atoms with van der Waals surface area (Å²) < 4.78 is 1.52. The number of aromatic nitrogens is 2. The number of amides is 1. The molecular weight excluding hydrogens is 382 g/mol. The molecule has 0 spiro atoms. The lowest BCUT2D eigenvalue weighted by atomic mass is 9.97. The van der Waals surface area contributed by atoms with Crippen LogP contribution in [0.1, 0.15) is 39.2 Å². The number of pyridine rings is 1. The molecule has 3 aromatic heterocycles. The van der Waals surface area contributed by atoms with Crippen LogP contribution in [0.3, 0.4) is 0 Å². The Kier molecular flexibility index (Phi) is 4.64. The number of hydrogen-bond acceptors (Lipinski definition) is 4. The minimum atomic E-state index is -0.202. The van der Waals surface area contributed by atoms with E-state index >= 15 is 0 Å². The van der Waals surface area contributed by atoms with E-state index in [0.29, 0.717) is 17.8 Å². The summed E-state index contributed by atoms with van der Waals surface area (Å²) in [7, 11) is 0. The Morgan fingerprint density at radius 1 is 1.10 bits per heavy atom. The highest BCUT2D eigenvalue weighted by Gasteiger charge is 2.22. The molecule has 0 atom stereocenters. The minimum Gasteiger partial charge on any atom is -0.352 e. The Labute approximate surface area is 172 Å². The summed E-state index contributed by atoms with van der Waals surface area (Å²) >= 11 is 1.61. The van der Waals surface area contributed by atoms with Crippen molar-refractivity contribution < 1.29 is 4.79 Å². The first kappa shape index (κ1) is 18.1. The third-order valence-corrected chi connectivity index (χ3v) is 6.73. The van der Waals surface area contributed by atoms with Gasteiger partial charge < -0.3 is 5.32 Å². The molecule has 0 fully saturated rings. The van der Waals surface area contributed by atoms with E-state index in [1.54, 1.807) is 29.7 Å². The summed E-state index contributed by atoms with van der Waals surface area (Å²) in [5, 5.41) is 3.70. The second-order valence-electron chi connectivity index (χ2n) is 7.41. The molecule has 0 bridgehead atoms. The van der Waals surface area contributed by atoms with Gasteiger partial charge in [-0.15, -0.1) is 11.3 Å². The van der Waals surface area contributed by atoms with Crippen LogP contribution in [0.25, 0.3) is 15.9 Å². The maximum Gasteiger partial charge on any atom is 0.266 e. The van der Waals surface area contributed by atoms with Crippen LogP contribution in [0, 0.1) is 0 Å². The highest BCUT2D eigenvalue weighted by molar-refractivity contribution is 7.18. The van der Waals surface area contributed by atoms with Crippen molar-refractivity contribution in [2.75, 3.05) is 6.54 Å². The Morgan fingerprint density at radius 2 is 1.93 bits per heavy atom. The van der Waals surface area contributed by atoms with Crippen LogP contribution < -0.4 is 10.9 Å². The van der Waals surface area contributed by atoms with E-state index < -0.39 is 0 Å². The number of carbonyl (C=O) groups excluding carboxylic acids is 1. The van der Waals surface area contributed by atoms with Crippen molar-refractivity contribution in [3.63, 3.8) is 0 Å². The van der Waals surface area contributed by atoms with Crippen molar-refractivity contribution in [3.8, 4) is 0 Å². The van der Waals surface area contributed by atoms with Gasteiger partial charge in [0.2, 0.25) is 0 Å². The summed E-state index contributed by atoms with van der Waals surface area (Å²) in [5.74, 6) is -0.202. The third kappa shape index (κ3) is 3.23. The van der Waals surface area contributed by atoms with Crippen molar-refractivity contribution >= 4 is 33.1 Å². The zero-order valence-corrected chi connectivity index (χ0v) is 16.8. The first-order valence-electron chi connectivity index (χ1n) is 10.00. The average Bonchev–Trinajstić information content (AvgIpc) is 3.13. The molecule has 0 unspecified atom stereocenters. The molecule has 4 aromatic rings. The zero-order chi connectivity index (χ0) is 19.8. The highest BCUT2D eigenvalue weighted by atomic mass is 32.1. The molecule has 5 nitrogen and oxygen atoms in total. The van der Waals surface area contributed by atoms with Crippen LogP contribution in [0.4, 0.5) is 0 Å². The van der Waals surface area contributed by atoms with Crippen LogP contribution in [0.5, 0.6) is 0 Å². The van der Waals surface area contributed by atoms with Gasteiger partial charge in [0.15, 0.2) is 5.65 Å². The van der Waals surface area contributed by atoms with Gasteiger partial charge in [0.25, 0.3) is 11.5 Å². The SMILES string of the molecule is O=C(NCCc1ccccc1)c1cccn2c(=O)c3c4c(sc3nc12)CCCC4. The van der Waals surface area contributed by atoms with E-state index in [0.717, 1.165) is 42.3 Å². The van der Waals surface area contributed by atoms with Gasteiger partial charge in [-0.25, -0.2) is 4.98 Å². The average molecular weight is 404 g/mol. The molecule has 0 saturated heterocycles. The largest absolute Gasteiger partial charge is 0.352 e. The van der Waals surface area contributed by atoms with Crippen molar-refractivity contribution in [3.05, 3.63) is 80.6 Å². The lowest BCUT2D eigenvalue weighted by Gasteiger charge is -2.10. The molecule has 0 saturated carbocycles. The standard InChI is InChI=1S/C23H21N3O2S/c27-21(24-13-12-15-7-2-1-3-8-15)17-10-6-14-26-20(17)25-22-19(23(26)28)16-9-4-5-11-18(16)29-22/h1-3,6-8,10,14H,4-5,9,11-13H2,(H,24,27). The number of aryl methyl sites for hydroxylation is 2. The number of thiophene rings is 1. The summed E-state index contributed by atoms with van der Waals surface area (Å²) in [5.41, 5.74) is 3.14. The molecule has 0 aliphatic heterocycles. The number of nitrogens with zero attached hydrogens (tertiary/aromatic N) is 2. The smallest absolute Gasteiger partial charge is 0.266 e. The fraction of sp³-hybridized carbons (Fsp3) is 0.261. The summed E-state index contributed by atoms with van der Waals surface area (Å²) in [6, 6.07) is 13.5. The van der Waals surface area contributed by atoms with Gasteiger partial charge in [-0.3, -0.25) is 14.0 Å². The van der Waals surface area contributed by atoms with Crippen LogP contribution in [-0.2, 0) is 19.3 Å². The molecule has 146 valence electrons. The van der Waals surface area contributed by atoms with Gasteiger partial charge in [0, 0.05) is 17.6 Å². The third-order valence-electron chi connectivity index (χ3n) is 5.55. The predicted octanol–water partition coefficient (Wildman–Crippen LogP) is 3.76. The molecule has 3 heterocycles. The van der Waals surface area contributed by atoms with E-state index in [-0.39, 0.29) is 11.5 Å². The van der Waals surface area contributed by atoms with Gasteiger partial charge in [-0.2, -0.15) is 0 Å². The number of hydrogen-bond donors (Lipinski definition) is 1. The second-order valence-corrected chi connectivity index (χ2v) is 8.50. The van der Waals surface area contributed by atoms with Crippen molar-refractivity contribution in [1.29, 1.82) is 0 Å². The van der Waals surface area contributed by atoms with Crippen molar-refractivity contribution in [1.82, 2.24) is 14.7 Å². The minimum absolute atomic E-state index is 0.0664. The van der Waals surface area contributed by atoms with Gasteiger partial charge in [-0.1, -0.05) is 30.3 Å². The number of benzene rings is 1. The van der Waals surface area contributed by atoms with E-state index in [1.165, 1.54) is 20.4 Å². The Morgan fingerprint density at radius 3 is 2.79 bits per heavy atom. The fourth-order valence-electron chi connectivity index (χ4n) is 4.08. The van der Waals surface area contributed by atoms with Gasteiger partial charge in [-0.05, 0) is 55.4 Å². The van der Waals surface area contributed by atoms with Crippen molar-refractivity contribution in [2.24, 2.45) is 0 Å². The molecule has 1 amide bonds. The molecule has 5 rings (SSSR count). The molecule has 1 aliphatic carbocycles. The van der Waals surface area contributed by atoms with Crippen LogP contribution >= 0.6 is 11.3 Å². The zero-order valence-electron chi connectivity index (χ0n) is 16.0. The number of nitrogens with one attached hydrogen (secondary N) is 1. The predicted molar refractivity (Wildman–Crippen MR) is 116 cm³/mol. The van der Waals surface area contributed by atoms with Gasteiger partial charge in [0.1, 0.15) is 4.83 Å². The maximum atomic E-state index is 13.2. The van der Waals surface area contributed by atoms with Gasteiger partial charge >= 0.3 is 0 Å². The first-order chi connectivity index (χ1) is 14.2. The van der Waals surface area contributed by atoms with Crippen LogP contribution in [0.2, 0.25) is 0 Å². The Balaban J connectivity index is 1.50. The Bertz CT molecular complexity index is 1270. The van der Waals surface area contributed by atoms with E-state index in [1.807, 2.05) is 30.3 Å². The Hall–Kier alpha value is -2.99. The number of fused-ring (bicyclic) bond motifs is 4. The fourth-order valence-corrected chi connectivity index (χ4v) is 5.33. The summed E-state index contributed by atoms with van der Waals surface area (Å²) in [6.45, 7) is 0.531. The van der Waals surface area contributed by atoms with E-state index in [9.17, 15) is 9.59 Å². The number of rotatable bonds is 4. The lowest BCUT2D eigenvalue weighted by Crippen LogP contribution is -2.27. The molecule has 1 aliphatic rings. The van der Waals surface area contributed by atoms with Crippen LogP contribution in [0.15, 0.2) is 53.5 Å². The second kappa shape index (κ2) is 7.44.